The van der Waals surface area contributed by atoms with Crippen molar-refractivity contribution in [3.05, 3.63) is 77.0 Å². The van der Waals surface area contributed by atoms with E-state index in [2.05, 4.69) is 6.07 Å². The minimum atomic E-state index is -0.401. The van der Waals surface area contributed by atoms with Crippen molar-refractivity contribution in [3.63, 3.8) is 0 Å². The number of esters is 1. The molecule has 0 amide bonds. The van der Waals surface area contributed by atoms with Crippen LogP contribution in [0.4, 0.5) is 0 Å². The second kappa shape index (κ2) is 7.88. The Bertz CT molecular complexity index is 981. The highest BCUT2D eigenvalue weighted by atomic mass is 16.5. The Morgan fingerprint density at radius 1 is 1.15 bits per heavy atom. The minimum Gasteiger partial charge on any atom is -0.464 e. The zero-order chi connectivity index (χ0) is 19.4. The van der Waals surface area contributed by atoms with Crippen LogP contribution in [0.2, 0.25) is 0 Å². The number of ether oxygens (including phenoxy) is 1. The normalized spacial score (nSPS) is 10.6. The van der Waals surface area contributed by atoms with Crippen LogP contribution in [0.5, 0.6) is 0 Å². The van der Waals surface area contributed by atoms with Gasteiger partial charge in [-0.2, -0.15) is 10.4 Å². The molecule has 0 aliphatic carbocycles. The van der Waals surface area contributed by atoms with E-state index in [4.69, 9.17) is 15.1 Å². The summed E-state index contributed by atoms with van der Waals surface area (Å²) in [5.41, 5.74) is 4.56. The number of methoxy groups -OCH3 is 1. The van der Waals surface area contributed by atoms with Gasteiger partial charge in [-0.1, -0.05) is 42.5 Å². The highest BCUT2D eigenvalue weighted by molar-refractivity contribution is 5.91. The van der Waals surface area contributed by atoms with Crippen molar-refractivity contribution in [3.8, 4) is 17.3 Å². The first kappa shape index (κ1) is 18.4. The Morgan fingerprint density at radius 3 is 2.37 bits per heavy atom. The summed E-state index contributed by atoms with van der Waals surface area (Å²) in [6.45, 7) is 3.96. The second-order valence-electron chi connectivity index (χ2n) is 6.56. The smallest absolute Gasteiger partial charge is 0.356 e. The van der Waals surface area contributed by atoms with Crippen molar-refractivity contribution >= 4 is 5.97 Å². The number of rotatable bonds is 5. The molecule has 5 heteroatoms. The first-order valence-electron chi connectivity index (χ1n) is 8.79. The molecule has 3 rings (SSSR count). The van der Waals surface area contributed by atoms with Crippen LogP contribution in [0, 0.1) is 11.3 Å². The van der Waals surface area contributed by atoms with Gasteiger partial charge in [0.05, 0.1) is 24.4 Å². The third-order valence-electron chi connectivity index (χ3n) is 4.39. The number of carbonyl (C=O) groups is 1. The van der Waals surface area contributed by atoms with Gasteiger partial charge in [0.1, 0.15) is 0 Å². The van der Waals surface area contributed by atoms with Crippen LogP contribution in [0.25, 0.3) is 11.3 Å². The van der Waals surface area contributed by atoms with E-state index in [1.54, 1.807) is 16.8 Å². The van der Waals surface area contributed by atoms with Gasteiger partial charge in [-0.15, -0.1) is 0 Å². The van der Waals surface area contributed by atoms with E-state index >= 15 is 0 Å². The zero-order valence-corrected chi connectivity index (χ0v) is 15.6. The van der Waals surface area contributed by atoms with Gasteiger partial charge in [0, 0.05) is 23.6 Å². The second-order valence-corrected chi connectivity index (χ2v) is 6.56. The third kappa shape index (κ3) is 3.75. The number of carbonyl (C=O) groups excluding carboxylic acids is 1. The van der Waals surface area contributed by atoms with Gasteiger partial charge in [0.25, 0.3) is 0 Å². The van der Waals surface area contributed by atoms with E-state index in [0.29, 0.717) is 17.7 Å². The van der Waals surface area contributed by atoms with E-state index in [9.17, 15) is 4.79 Å². The summed E-state index contributed by atoms with van der Waals surface area (Å²) in [5, 5.41) is 13.8. The van der Waals surface area contributed by atoms with Crippen LogP contribution in [0.15, 0.2) is 54.6 Å². The van der Waals surface area contributed by atoms with Gasteiger partial charge in [-0.25, -0.2) is 4.79 Å². The Hall–Kier alpha value is -3.39. The van der Waals surface area contributed by atoms with Crippen molar-refractivity contribution in [1.29, 1.82) is 5.26 Å². The SMILES string of the molecule is COC(=O)c1c(Cc2ccccc2)c(-c2ccc(C#N)cc2)nn1C(C)C. The van der Waals surface area contributed by atoms with Crippen molar-refractivity contribution in [1.82, 2.24) is 9.78 Å². The van der Waals surface area contributed by atoms with Gasteiger partial charge in [-0.3, -0.25) is 4.68 Å². The minimum absolute atomic E-state index is 0.000699. The molecule has 0 bridgehead atoms. The van der Waals surface area contributed by atoms with Gasteiger partial charge in [0.15, 0.2) is 5.69 Å². The largest absolute Gasteiger partial charge is 0.464 e. The lowest BCUT2D eigenvalue weighted by molar-refractivity contribution is 0.0583. The van der Waals surface area contributed by atoms with Crippen LogP contribution >= 0.6 is 0 Å². The Kier molecular flexibility index (Phi) is 5.37. The summed E-state index contributed by atoms with van der Waals surface area (Å²) in [4.78, 5) is 12.6. The molecule has 0 aliphatic rings. The molecule has 0 aliphatic heterocycles. The fourth-order valence-electron chi connectivity index (χ4n) is 3.06. The van der Waals surface area contributed by atoms with Crippen LogP contribution in [0.1, 0.15) is 47.1 Å². The monoisotopic (exact) mass is 359 g/mol. The number of benzene rings is 2. The van der Waals surface area contributed by atoms with Gasteiger partial charge < -0.3 is 4.74 Å². The number of nitriles is 1. The molecule has 0 atom stereocenters. The van der Waals surface area contributed by atoms with E-state index in [1.807, 2.05) is 56.3 Å². The topological polar surface area (TPSA) is 67.9 Å². The maximum atomic E-state index is 12.6. The molecule has 0 saturated carbocycles. The Balaban J connectivity index is 2.21. The lowest BCUT2D eigenvalue weighted by Crippen LogP contribution is -2.15. The van der Waals surface area contributed by atoms with Gasteiger partial charge >= 0.3 is 5.97 Å². The molecular weight excluding hydrogens is 338 g/mol. The van der Waals surface area contributed by atoms with Crippen molar-refractivity contribution < 1.29 is 9.53 Å². The molecule has 1 heterocycles. The van der Waals surface area contributed by atoms with Crippen LogP contribution in [-0.2, 0) is 11.2 Å². The molecule has 2 aromatic carbocycles. The van der Waals surface area contributed by atoms with E-state index in [-0.39, 0.29) is 6.04 Å². The standard InChI is InChI=1S/C22H21N3O2/c1-15(2)25-21(22(26)27-3)19(13-16-7-5-4-6-8-16)20(24-25)18-11-9-17(14-23)10-12-18/h4-12,15H,13H2,1-3H3. The van der Waals surface area contributed by atoms with Crippen LogP contribution in [-0.4, -0.2) is 22.9 Å². The summed E-state index contributed by atoms with van der Waals surface area (Å²) in [6, 6.07) is 19.3. The number of aromatic nitrogens is 2. The predicted molar refractivity (Wildman–Crippen MR) is 103 cm³/mol. The lowest BCUT2D eigenvalue weighted by Gasteiger charge is -2.10. The van der Waals surface area contributed by atoms with Gasteiger partial charge in [-0.05, 0) is 31.5 Å². The molecular formula is C22H21N3O2. The average Bonchev–Trinajstić information content (AvgIpc) is 3.07. The average molecular weight is 359 g/mol. The summed E-state index contributed by atoms with van der Waals surface area (Å²) in [5.74, 6) is -0.401. The van der Waals surface area contributed by atoms with Crippen molar-refractivity contribution in [2.24, 2.45) is 0 Å². The highest BCUT2D eigenvalue weighted by Gasteiger charge is 2.26. The van der Waals surface area contributed by atoms with Gasteiger partial charge in [0.2, 0.25) is 0 Å². The first-order chi connectivity index (χ1) is 13.0. The molecule has 0 unspecified atom stereocenters. The molecule has 27 heavy (non-hydrogen) atoms. The highest BCUT2D eigenvalue weighted by Crippen LogP contribution is 2.30. The molecule has 0 saturated heterocycles. The van der Waals surface area contributed by atoms with E-state index in [0.717, 1.165) is 22.4 Å². The maximum absolute atomic E-state index is 12.6. The number of hydrogen-bond donors (Lipinski definition) is 0. The molecule has 1 aromatic heterocycles. The summed E-state index contributed by atoms with van der Waals surface area (Å²) in [7, 11) is 1.38. The number of nitrogens with zero attached hydrogens (tertiary/aromatic N) is 3. The molecule has 3 aromatic rings. The molecule has 136 valence electrons. The van der Waals surface area contributed by atoms with E-state index in [1.165, 1.54) is 7.11 Å². The molecule has 5 nitrogen and oxygen atoms in total. The Labute approximate surface area is 158 Å². The third-order valence-corrected chi connectivity index (χ3v) is 4.39. The van der Waals surface area contributed by atoms with Crippen molar-refractivity contribution in [2.75, 3.05) is 7.11 Å². The summed E-state index contributed by atoms with van der Waals surface area (Å²) in [6.07, 6.45) is 0.563. The molecule has 0 N–H and O–H groups in total. The quantitative estimate of drug-likeness (QED) is 0.634. The summed E-state index contributed by atoms with van der Waals surface area (Å²) >= 11 is 0. The fourth-order valence-corrected chi connectivity index (χ4v) is 3.06. The zero-order valence-electron chi connectivity index (χ0n) is 15.6. The van der Waals surface area contributed by atoms with Crippen LogP contribution < -0.4 is 0 Å². The van der Waals surface area contributed by atoms with Crippen LogP contribution in [0.3, 0.4) is 0 Å². The number of hydrogen-bond acceptors (Lipinski definition) is 4. The molecule has 0 spiro atoms. The Morgan fingerprint density at radius 2 is 1.81 bits per heavy atom. The lowest BCUT2D eigenvalue weighted by atomic mass is 9.98. The summed E-state index contributed by atoms with van der Waals surface area (Å²) < 4.78 is 6.77. The molecule has 0 fully saturated rings. The fraction of sp³-hybridized carbons (Fsp3) is 0.227. The molecule has 0 radical (unpaired) electrons. The van der Waals surface area contributed by atoms with E-state index < -0.39 is 5.97 Å². The maximum Gasteiger partial charge on any atom is 0.356 e. The van der Waals surface area contributed by atoms with Crippen molar-refractivity contribution in [2.45, 2.75) is 26.3 Å². The predicted octanol–water partition coefficient (Wildman–Crippen LogP) is 4.38. The first-order valence-corrected chi connectivity index (χ1v) is 8.79.